The molecule has 0 aliphatic carbocycles. The van der Waals surface area contributed by atoms with Crippen LogP contribution in [-0.4, -0.2) is 32.8 Å². The number of rotatable bonds is 6. The highest BCUT2D eigenvalue weighted by molar-refractivity contribution is 7.90. The SMILES string of the molecule is COc1ccc(OC)c(S(=O)(=O)Cc2nc(-c3ccccc3C)no2)c1. The van der Waals surface area contributed by atoms with Crippen LogP contribution in [0.25, 0.3) is 11.4 Å². The van der Waals surface area contributed by atoms with Gasteiger partial charge in [-0.1, -0.05) is 29.4 Å². The molecule has 3 rings (SSSR count). The number of aromatic nitrogens is 2. The number of benzene rings is 2. The molecule has 1 heterocycles. The second-order valence-electron chi connectivity index (χ2n) is 5.60. The van der Waals surface area contributed by atoms with Gasteiger partial charge in [0.2, 0.25) is 11.7 Å². The molecule has 0 fully saturated rings. The molecule has 2 aromatic carbocycles. The quantitative estimate of drug-likeness (QED) is 0.655. The molecule has 0 aliphatic heterocycles. The van der Waals surface area contributed by atoms with E-state index in [0.717, 1.165) is 11.1 Å². The van der Waals surface area contributed by atoms with E-state index in [4.69, 9.17) is 14.0 Å². The van der Waals surface area contributed by atoms with Gasteiger partial charge in [-0.3, -0.25) is 0 Å². The second kappa shape index (κ2) is 7.17. The fourth-order valence-corrected chi connectivity index (χ4v) is 3.87. The molecule has 0 unspecified atom stereocenters. The van der Waals surface area contributed by atoms with Gasteiger partial charge in [-0.2, -0.15) is 4.98 Å². The molecule has 0 saturated carbocycles. The first-order chi connectivity index (χ1) is 12.4. The summed E-state index contributed by atoms with van der Waals surface area (Å²) in [6.07, 6.45) is 0. The third-order valence-corrected chi connectivity index (χ3v) is 5.49. The Hall–Kier alpha value is -2.87. The normalized spacial score (nSPS) is 11.3. The summed E-state index contributed by atoms with van der Waals surface area (Å²) in [4.78, 5) is 4.23. The first-order valence-corrected chi connectivity index (χ1v) is 9.43. The zero-order valence-corrected chi connectivity index (χ0v) is 15.4. The number of hydrogen-bond acceptors (Lipinski definition) is 7. The second-order valence-corrected chi connectivity index (χ2v) is 7.56. The predicted molar refractivity (Wildman–Crippen MR) is 94.9 cm³/mol. The van der Waals surface area contributed by atoms with Crippen molar-refractivity contribution < 1.29 is 22.4 Å². The summed E-state index contributed by atoms with van der Waals surface area (Å²) in [5.41, 5.74) is 1.76. The lowest BCUT2D eigenvalue weighted by Crippen LogP contribution is -2.07. The highest BCUT2D eigenvalue weighted by atomic mass is 32.2. The van der Waals surface area contributed by atoms with Gasteiger partial charge in [0.15, 0.2) is 9.84 Å². The van der Waals surface area contributed by atoms with E-state index >= 15 is 0 Å². The molecular formula is C18H18N2O5S. The predicted octanol–water partition coefficient (Wildman–Crippen LogP) is 3.04. The Kier molecular flexibility index (Phi) is 4.94. The molecule has 0 radical (unpaired) electrons. The van der Waals surface area contributed by atoms with Gasteiger partial charge in [0.25, 0.3) is 0 Å². The molecule has 7 nitrogen and oxygen atoms in total. The Morgan fingerprint density at radius 2 is 1.85 bits per heavy atom. The topological polar surface area (TPSA) is 91.5 Å². The number of aryl methyl sites for hydroxylation is 1. The molecule has 0 bridgehead atoms. The number of ether oxygens (including phenoxy) is 2. The van der Waals surface area contributed by atoms with Crippen molar-refractivity contribution in [2.75, 3.05) is 14.2 Å². The van der Waals surface area contributed by atoms with E-state index in [1.165, 1.54) is 26.4 Å². The van der Waals surface area contributed by atoms with Gasteiger partial charge in [-0.25, -0.2) is 8.42 Å². The van der Waals surface area contributed by atoms with Gasteiger partial charge >= 0.3 is 0 Å². The van der Waals surface area contributed by atoms with Crippen molar-refractivity contribution in [1.29, 1.82) is 0 Å². The molecule has 0 amide bonds. The number of nitrogens with zero attached hydrogens (tertiary/aromatic N) is 2. The lowest BCUT2D eigenvalue weighted by molar-refractivity contribution is 0.386. The van der Waals surface area contributed by atoms with E-state index in [1.807, 2.05) is 31.2 Å². The minimum absolute atomic E-state index is 0.00752. The van der Waals surface area contributed by atoms with E-state index in [1.54, 1.807) is 6.07 Å². The van der Waals surface area contributed by atoms with Gasteiger partial charge in [0.05, 0.1) is 14.2 Å². The van der Waals surface area contributed by atoms with E-state index in [-0.39, 0.29) is 16.5 Å². The maximum absolute atomic E-state index is 12.8. The smallest absolute Gasteiger partial charge is 0.242 e. The Morgan fingerprint density at radius 1 is 1.08 bits per heavy atom. The third-order valence-electron chi connectivity index (χ3n) is 3.87. The largest absolute Gasteiger partial charge is 0.497 e. The van der Waals surface area contributed by atoms with Crippen LogP contribution in [0, 0.1) is 6.92 Å². The molecule has 1 aromatic heterocycles. The minimum atomic E-state index is -3.77. The van der Waals surface area contributed by atoms with Crippen molar-refractivity contribution in [3.63, 3.8) is 0 Å². The Bertz CT molecular complexity index is 1030. The van der Waals surface area contributed by atoms with Crippen LogP contribution in [0.15, 0.2) is 51.9 Å². The summed E-state index contributed by atoms with van der Waals surface area (Å²) in [6, 6.07) is 12.1. The van der Waals surface area contributed by atoms with Crippen molar-refractivity contribution in [3.05, 3.63) is 53.9 Å². The summed E-state index contributed by atoms with van der Waals surface area (Å²) < 4.78 is 41.0. The zero-order valence-electron chi connectivity index (χ0n) is 14.6. The Balaban J connectivity index is 1.93. The van der Waals surface area contributed by atoms with E-state index < -0.39 is 15.6 Å². The summed E-state index contributed by atoms with van der Waals surface area (Å²) >= 11 is 0. The van der Waals surface area contributed by atoms with Crippen LogP contribution < -0.4 is 9.47 Å². The van der Waals surface area contributed by atoms with E-state index in [0.29, 0.717) is 11.6 Å². The van der Waals surface area contributed by atoms with Gasteiger partial charge in [-0.15, -0.1) is 0 Å². The number of sulfone groups is 1. The van der Waals surface area contributed by atoms with Crippen molar-refractivity contribution in [2.45, 2.75) is 17.6 Å². The molecule has 3 aromatic rings. The third kappa shape index (κ3) is 3.55. The molecule has 0 N–H and O–H groups in total. The maximum atomic E-state index is 12.8. The van der Waals surface area contributed by atoms with Crippen LogP contribution in [0.3, 0.4) is 0 Å². The van der Waals surface area contributed by atoms with Gasteiger partial charge in [-0.05, 0) is 24.6 Å². The molecule has 0 saturated heterocycles. The molecule has 0 spiro atoms. The summed E-state index contributed by atoms with van der Waals surface area (Å²) in [6.45, 7) is 1.92. The number of hydrogen-bond donors (Lipinski definition) is 0. The summed E-state index contributed by atoms with van der Waals surface area (Å²) in [5, 5.41) is 3.89. The van der Waals surface area contributed by atoms with Crippen LogP contribution in [0.4, 0.5) is 0 Å². The van der Waals surface area contributed by atoms with Crippen molar-refractivity contribution in [3.8, 4) is 22.9 Å². The van der Waals surface area contributed by atoms with Gasteiger partial charge < -0.3 is 14.0 Å². The summed E-state index contributed by atoms with van der Waals surface area (Å²) in [7, 11) is -0.899. The first-order valence-electron chi connectivity index (χ1n) is 7.78. The molecule has 136 valence electrons. The lowest BCUT2D eigenvalue weighted by atomic mass is 10.1. The van der Waals surface area contributed by atoms with E-state index in [9.17, 15) is 8.42 Å². The molecule has 8 heteroatoms. The van der Waals surface area contributed by atoms with Gasteiger partial charge in [0, 0.05) is 11.6 Å². The monoisotopic (exact) mass is 374 g/mol. The zero-order chi connectivity index (χ0) is 18.7. The Labute approximate surface area is 151 Å². The highest BCUT2D eigenvalue weighted by Gasteiger charge is 2.25. The highest BCUT2D eigenvalue weighted by Crippen LogP contribution is 2.30. The Morgan fingerprint density at radius 3 is 2.54 bits per heavy atom. The average Bonchev–Trinajstić information content (AvgIpc) is 3.09. The van der Waals surface area contributed by atoms with Gasteiger partial charge in [0.1, 0.15) is 22.1 Å². The maximum Gasteiger partial charge on any atom is 0.242 e. The first kappa shape index (κ1) is 17.9. The van der Waals surface area contributed by atoms with Crippen molar-refractivity contribution in [1.82, 2.24) is 10.1 Å². The van der Waals surface area contributed by atoms with Crippen LogP contribution in [0.2, 0.25) is 0 Å². The average molecular weight is 374 g/mol. The van der Waals surface area contributed by atoms with Crippen LogP contribution in [0.5, 0.6) is 11.5 Å². The molecule has 0 aliphatic rings. The summed E-state index contributed by atoms with van der Waals surface area (Å²) in [5.74, 6) is 0.564. The van der Waals surface area contributed by atoms with Crippen molar-refractivity contribution >= 4 is 9.84 Å². The van der Waals surface area contributed by atoms with Crippen LogP contribution in [-0.2, 0) is 15.6 Å². The molecule has 0 atom stereocenters. The van der Waals surface area contributed by atoms with Crippen LogP contribution >= 0.6 is 0 Å². The van der Waals surface area contributed by atoms with E-state index in [2.05, 4.69) is 10.1 Å². The van der Waals surface area contributed by atoms with Crippen LogP contribution in [0.1, 0.15) is 11.5 Å². The lowest BCUT2D eigenvalue weighted by Gasteiger charge is -2.10. The molecule has 26 heavy (non-hydrogen) atoms. The standard InChI is InChI=1S/C18H18N2O5S/c1-12-6-4-5-7-14(12)18-19-17(25-20-18)11-26(21,22)16-10-13(23-2)8-9-15(16)24-3/h4-10H,11H2,1-3H3. The molecular weight excluding hydrogens is 356 g/mol. The fraction of sp³-hybridized carbons (Fsp3) is 0.222. The van der Waals surface area contributed by atoms with Crippen molar-refractivity contribution in [2.24, 2.45) is 0 Å². The number of methoxy groups -OCH3 is 2. The minimum Gasteiger partial charge on any atom is -0.497 e. The fourth-order valence-electron chi connectivity index (χ4n) is 2.51.